The Balaban J connectivity index is 1.98. The van der Waals surface area contributed by atoms with Gasteiger partial charge in [0.1, 0.15) is 0 Å². The number of nitrogens with one attached hydrogen (secondary N) is 1. The van der Waals surface area contributed by atoms with Gasteiger partial charge in [0.05, 0.1) is 0 Å². The lowest BCUT2D eigenvalue weighted by atomic mass is 10.0. The lowest BCUT2D eigenvalue weighted by molar-refractivity contribution is 0.239. The smallest absolute Gasteiger partial charge is 0.0260 e. The third-order valence-electron chi connectivity index (χ3n) is 4.13. The summed E-state index contributed by atoms with van der Waals surface area (Å²) in [6.07, 6.45) is 4.18. The van der Waals surface area contributed by atoms with Crippen molar-refractivity contribution in [3.8, 4) is 0 Å². The molecule has 2 heteroatoms. The summed E-state index contributed by atoms with van der Waals surface area (Å²) < 4.78 is 0. The van der Waals surface area contributed by atoms with E-state index >= 15 is 0 Å². The van der Waals surface area contributed by atoms with Crippen LogP contribution in [-0.2, 0) is 0 Å². The molecule has 1 aliphatic heterocycles. The Kier molecular flexibility index (Phi) is 2.37. The zero-order valence-corrected chi connectivity index (χ0v) is 9.14. The lowest BCUT2D eigenvalue weighted by Crippen LogP contribution is -2.35. The molecule has 2 rings (SSSR count). The summed E-state index contributed by atoms with van der Waals surface area (Å²) in [6, 6.07) is 1.54. The van der Waals surface area contributed by atoms with Crippen molar-refractivity contribution in [1.82, 2.24) is 10.2 Å². The fourth-order valence-electron chi connectivity index (χ4n) is 2.67. The topological polar surface area (TPSA) is 15.3 Å². The molecule has 1 N–H and O–H groups in total. The van der Waals surface area contributed by atoms with E-state index in [-0.39, 0.29) is 0 Å². The van der Waals surface area contributed by atoms with E-state index in [1.165, 1.54) is 32.4 Å². The first-order chi connectivity index (χ1) is 6.22. The van der Waals surface area contributed by atoms with Crippen LogP contribution in [0.15, 0.2) is 0 Å². The molecule has 2 aliphatic rings. The van der Waals surface area contributed by atoms with Gasteiger partial charge in [0.2, 0.25) is 0 Å². The van der Waals surface area contributed by atoms with Gasteiger partial charge in [0.15, 0.2) is 0 Å². The third-order valence-corrected chi connectivity index (χ3v) is 4.13. The quantitative estimate of drug-likeness (QED) is 0.711. The molecule has 2 unspecified atom stereocenters. The number of hydrogen-bond donors (Lipinski definition) is 1. The molecule has 1 saturated heterocycles. The average Bonchev–Trinajstić information content (AvgIpc) is 2.79. The molecule has 0 amide bonds. The maximum absolute atomic E-state index is 3.48. The maximum atomic E-state index is 3.48. The highest BCUT2D eigenvalue weighted by Gasteiger charge is 2.54. The molecule has 1 saturated carbocycles. The monoisotopic (exact) mass is 182 g/mol. The number of likely N-dealkylation sites (tertiary alicyclic amines) is 1. The molecule has 0 aromatic carbocycles. The van der Waals surface area contributed by atoms with Crippen molar-refractivity contribution >= 4 is 0 Å². The van der Waals surface area contributed by atoms with Crippen molar-refractivity contribution in [1.29, 1.82) is 0 Å². The van der Waals surface area contributed by atoms with Gasteiger partial charge < -0.3 is 5.32 Å². The first-order valence-corrected chi connectivity index (χ1v) is 5.63. The van der Waals surface area contributed by atoms with E-state index in [0.717, 1.165) is 12.1 Å². The highest BCUT2D eigenvalue weighted by Crippen LogP contribution is 2.53. The zero-order valence-electron chi connectivity index (χ0n) is 9.14. The molecule has 1 spiro atoms. The normalized spacial score (nSPS) is 33.9. The van der Waals surface area contributed by atoms with Gasteiger partial charge in [-0.3, -0.25) is 4.90 Å². The van der Waals surface area contributed by atoms with E-state index in [1.807, 2.05) is 0 Å². The molecule has 76 valence electrons. The Morgan fingerprint density at radius 3 is 2.62 bits per heavy atom. The molecule has 1 aliphatic carbocycles. The second-order valence-corrected chi connectivity index (χ2v) is 4.89. The Bertz CT molecular complexity index is 187. The summed E-state index contributed by atoms with van der Waals surface area (Å²) >= 11 is 0. The molecular formula is C11H22N2. The zero-order chi connectivity index (χ0) is 9.47. The van der Waals surface area contributed by atoms with E-state index in [2.05, 4.69) is 31.1 Å². The standard InChI is InChI=1S/C11H22N2/c1-4-9(2)13-7-10(12-3)11(8-13)5-6-11/h9-10,12H,4-8H2,1-3H3. The summed E-state index contributed by atoms with van der Waals surface area (Å²) in [5.41, 5.74) is 0.679. The summed E-state index contributed by atoms with van der Waals surface area (Å²) in [6.45, 7) is 7.25. The van der Waals surface area contributed by atoms with Gasteiger partial charge in [0.25, 0.3) is 0 Å². The Labute approximate surface area is 81.7 Å². The van der Waals surface area contributed by atoms with Gasteiger partial charge in [-0.25, -0.2) is 0 Å². The van der Waals surface area contributed by atoms with Gasteiger partial charge in [-0.2, -0.15) is 0 Å². The fourth-order valence-corrected chi connectivity index (χ4v) is 2.67. The summed E-state index contributed by atoms with van der Waals surface area (Å²) in [4.78, 5) is 2.66. The molecule has 2 nitrogen and oxygen atoms in total. The number of rotatable bonds is 3. The minimum atomic E-state index is 0.679. The van der Waals surface area contributed by atoms with Crippen LogP contribution in [0.5, 0.6) is 0 Å². The number of hydrogen-bond acceptors (Lipinski definition) is 2. The third kappa shape index (κ3) is 1.50. The summed E-state index contributed by atoms with van der Waals surface area (Å²) in [5, 5.41) is 3.48. The largest absolute Gasteiger partial charge is 0.315 e. The fraction of sp³-hybridized carbons (Fsp3) is 1.00. The van der Waals surface area contributed by atoms with Crippen LogP contribution >= 0.6 is 0 Å². The Morgan fingerprint density at radius 1 is 1.54 bits per heavy atom. The molecule has 1 heterocycles. The van der Waals surface area contributed by atoms with E-state index in [0.29, 0.717) is 5.41 Å². The van der Waals surface area contributed by atoms with Crippen molar-refractivity contribution in [3.05, 3.63) is 0 Å². The van der Waals surface area contributed by atoms with Crippen molar-refractivity contribution in [3.63, 3.8) is 0 Å². The van der Waals surface area contributed by atoms with Gasteiger partial charge in [0, 0.05) is 25.2 Å². The van der Waals surface area contributed by atoms with Crippen molar-refractivity contribution in [2.45, 2.75) is 45.2 Å². The molecule has 0 aromatic rings. The van der Waals surface area contributed by atoms with Crippen LogP contribution in [0.2, 0.25) is 0 Å². The number of likely N-dealkylation sites (N-methyl/N-ethyl adjacent to an activating group) is 1. The molecule has 0 aromatic heterocycles. The van der Waals surface area contributed by atoms with Crippen LogP contribution < -0.4 is 5.32 Å². The minimum Gasteiger partial charge on any atom is -0.315 e. The first-order valence-electron chi connectivity index (χ1n) is 5.63. The number of nitrogens with zero attached hydrogens (tertiary/aromatic N) is 1. The van der Waals surface area contributed by atoms with E-state index < -0.39 is 0 Å². The Hall–Kier alpha value is -0.0800. The van der Waals surface area contributed by atoms with Crippen LogP contribution in [0.25, 0.3) is 0 Å². The highest BCUT2D eigenvalue weighted by molar-refractivity contribution is 5.09. The average molecular weight is 182 g/mol. The molecule has 0 bridgehead atoms. The minimum absolute atomic E-state index is 0.679. The van der Waals surface area contributed by atoms with Gasteiger partial charge in [-0.05, 0) is 38.6 Å². The molecule has 2 fully saturated rings. The molecular weight excluding hydrogens is 160 g/mol. The predicted octanol–water partition coefficient (Wildman–Crippen LogP) is 1.47. The summed E-state index contributed by atoms with van der Waals surface area (Å²) in [7, 11) is 2.12. The second kappa shape index (κ2) is 3.25. The van der Waals surface area contributed by atoms with Crippen LogP contribution in [0.1, 0.15) is 33.1 Å². The van der Waals surface area contributed by atoms with Crippen LogP contribution in [0.4, 0.5) is 0 Å². The van der Waals surface area contributed by atoms with E-state index in [9.17, 15) is 0 Å². The van der Waals surface area contributed by atoms with E-state index in [1.54, 1.807) is 0 Å². The van der Waals surface area contributed by atoms with E-state index in [4.69, 9.17) is 0 Å². The summed E-state index contributed by atoms with van der Waals surface area (Å²) in [5.74, 6) is 0. The second-order valence-electron chi connectivity index (χ2n) is 4.89. The molecule has 0 radical (unpaired) electrons. The van der Waals surface area contributed by atoms with Crippen molar-refractivity contribution in [2.75, 3.05) is 20.1 Å². The van der Waals surface area contributed by atoms with Gasteiger partial charge in [-0.15, -0.1) is 0 Å². The van der Waals surface area contributed by atoms with Crippen molar-refractivity contribution in [2.24, 2.45) is 5.41 Å². The van der Waals surface area contributed by atoms with Crippen LogP contribution in [0.3, 0.4) is 0 Å². The van der Waals surface area contributed by atoms with Crippen LogP contribution in [-0.4, -0.2) is 37.1 Å². The highest BCUT2D eigenvalue weighted by atomic mass is 15.2. The van der Waals surface area contributed by atoms with Crippen molar-refractivity contribution < 1.29 is 0 Å². The lowest BCUT2D eigenvalue weighted by Gasteiger charge is -2.22. The predicted molar refractivity (Wildman–Crippen MR) is 55.8 cm³/mol. The SMILES string of the molecule is CCC(C)N1CC(NC)C2(CC2)C1. The van der Waals surface area contributed by atoms with Crippen LogP contribution in [0, 0.1) is 5.41 Å². The van der Waals surface area contributed by atoms with Gasteiger partial charge in [-0.1, -0.05) is 6.92 Å². The Morgan fingerprint density at radius 2 is 2.23 bits per heavy atom. The molecule has 13 heavy (non-hydrogen) atoms. The first kappa shape index (κ1) is 9.47. The molecule has 2 atom stereocenters. The van der Waals surface area contributed by atoms with Gasteiger partial charge >= 0.3 is 0 Å². The maximum Gasteiger partial charge on any atom is 0.0260 e.